The summed E-state index contributed by atoms with van der Waals surface area (Å²) in [7, 11) is -4.14. The molecule has 0 unspecified atom stereocenters. The molecule has 3 aromatic rings. The van der Waals surface area contributed by atoms with E-state index in [4.69, 9.17) is 32.7 Å². The molecule has 39 heavy (non-hydrogen) atoms. The zero-order valence-electron chi connectivity index (χ0n) is 21.4. The van der Waals surface area contributed by atoms with Crippen LogP contribution in [-0.4, -0.2) is 45.3 Å². The molecule has 0 spiro atoms. The maximum absolute atomic E-state index is 13.4. The van der Waals surface area contributed by atoms with Crippen molar-refractivity contribution < 1.29 is 27.5 Å². The number of nitrogens with one attached hydrogen (secondary N) is 1. The van der Waals surface area contributed by atoms with Crippen molar-refractivity contribution >= 4 is 57.0 Å². The van der Waals surface area contributed by atoms with E-state index in [-0.39, 0.29) is 22.2 Å². The minimum Gasteiger partial charge on any atom is -0.482 e. The number of rotatable bonds is 10. The van der Waals surface area contributed by atoms with Crippen molar-refractivity contribution in [3.63, 3.8) is 0 Å². The van der Waals surface area contributed by atoms with Crippen LogP contribution in [0.5, 0.6) is 5.75 Å². The average molecular weight is 593 g/mol. The summed E-state index contributed by atoms with van der Waals surface area (Å²) in [5, 5.41) is 4.29. The van der Waals surface area contributed by atoms with Gasteiger partial charge in [-0.15, -0.1) is 0 Å². The number of hydrogen-bond donors (Lipinski definition) is 1. The summed E-state index contributed by atoms with van der Waals surface area (Å²) in [6, 6.07) is 18.6. The van der Waals surface area contributed by atoms with Crippen molar-refractivity contribution in [3.8, 4) is 5.75 Å². The van der Waals surface area contributed by atoms with E-state index in [9.17, 15) is 18.0 Å². The monoisotopic (exact) mass is 591 g/mol. The van der Waals surface area contributed by atoms with Gasteiger partial charge >= 0.3 is 5.97 Å². The first-order valence-electron chi connectivity index (χ1n) is 11.6. The van der Waals surface area contributed by atoms with E-state index < -0.39 is 34.0 Å². The van der Waals surface area contributed by atoms with Crippen molar-refractivity contribution in [1.29, 1.82) is 0 Å². The van der Waals surface area contributed by atoms with Gasteiger partial charge in [-0.25, -0.2) is 18.6 Å². The molecule has 0 radical (unpaired) electrons. The van der Waals surface area contributed by atoms with Crippen LogP contribution in [0.4, 0.5) is 5.69 Å². The molecule has 0 aliphatic heterocycles. The second kappa shape index (κ2) is 13.0. The molecule has 206 valence electrons. The molecule has 1 N–H and O–H groups in total. The largest absolute Gasteiger partial charge is 0.482 e. The molecule has 0 bridgehead atoms. The van der Waals surface area contributed by atoms with Crippen LogP contribution in [0.25, 0.3) is 0 Å². The van der Waals surface area contributed by atoms with Gasteiger partial charge in [-0.3, -0.25) is 9.10 Å². The van der Waals surface area contributed by atoms with Crippen LogP contribution in [0.2, 0.25) is 10.0 Å². The van der Waals surface area contributed by atoms with E-state index in [1.54, 1.807) is 63.2 Å². The van der Waals surface area contributed by atoms with Gasteiger partial charge in [0.25, 0.3) is 15.9 Å². The molecule has 0 aliphatic rings. The molecule has 0 heterocycles. The summed E-state index contributed by atoms with van der Waals surface area (Å²) in [5.41, 5.74) is 2.43. The standard InChI is InChI=1S/C27H27Cl2N3O6S/c1-27(2,3)38-26(34)18-37-21-12-9-19(10-13-21)16-30-31-25(33)17-32(24-14-11-20(28)15-23(24)29)39(35,36)22-7-5-4-6-8-22/h4-16H,17-18H2,1-3H3,(H,31,33)/b30-16-. The molecular weight excluding hydrogens is 565 g/mol. The fourth-order valence-electron chi connectivity index (χ4n) is 3.21. The maximum atomic E-state index is 13.4. The number of sulfonamides is 1. The Kier molecular flexibility index (Phi) is 9.96. The SMILES string of the molecule is CC(C)(C)OC(=O)COc1ccc(/C=N\NC(=O)CN(c2ccc(Cl)cc2Cl)S(=O)(=O)c2ccccc2)cc1. The molecule has 0 saturated heterocycles. The lowest BCUT2D eigenvalue weighted by Crippen LogP contribution is -2.39. The number of hydrazone groups is 1. The Bertz CT molecular complexity index is 1440. The number of ether oxygens (including phenoxy) is 2. The van der Waals surface area contributed by atoms with Gasteiger partial charge in [-0.05, 0) is 80.9 Å². The van der Waals surface area contributed by atoms with Crippen molar-refractivity contribution in [3.05, 3.63) is 88.4 Å². The predicted molar refractivity (Wildman–Crippen MR) is 151 cm³/mol. The number of anilines is 1. The van der Waals surface area contributed by atoms with Crippen LogP contribution in [0, 0.1) is 0 Å². The highest BCUT2D eigenvalue weighted by molar-refractivity contribution is 7.92. The van der Waals surface area contributed by atoms with Gasteiger partial charge in [0.15, 0.2) is 6.61 Å². The number of carbonyl (C=O) groups excluding carboxylic acids is 2. The van der Waals surface area contributed by atoms with Gasteiger partial charge in [0.2, 0.25) is 0 Å². The van der Waals surface area contributed by atoms with Crippen LogP contribution < -0.4 is 14.5 Å². The number of halogens is 2. The Balaban J connectivity index is 1.66. The summed E-state index contributed by atoms with van der Waals surface area (Å²) in [6.07, 6.45) is 1.38. The van der Waals surface area contributed by atoms with Gasteiger partial charge in [-0.2, -0.15) is 5.10 Å². The van der Waals surface area contributed by atoms with Gasteiger partial charge in [0.05, 0.1) is 21.8 Å². The average Bonchev–Trinajstić information content (AvgIpc) is 2.87. The third kappa shape index (κ3) is 8.98. The lowest BCUT2D eigenvalue weighted by atomic mass is 10.2. The first-order valence-corrected chi connectivity index (χ1v) is 13.8. The first-order chi connectivity index (χ1) is 18.3. The highest BCUT2D eigenvalue weighted by atomic mass is 35.5. The molecule has 0 atom stereocenters. The zero-order chi connectivity index (χ0) is 28.6. The van der Waals surface area contributed by atoms with Gasteiger partial charge in [0.1, 0.15) is 17.9 Å². The Morgan fingerprint density at radius 3 is 2.28 bits per heavy atom. The Hall–Kier alpha value is -3.60. The van der Waals surface area contributed by atoms with E-state index in [1.807, 2.05) is 0 Å². The smallest absolute Gasteiger partial charge is 0.344 e. The highest BCUT2D eigenvalue weighted by Gasteiger charge is 2.28. The number of carbonyl (C=O) groups is 2. The van der Waals surface area contributed by atoms with Crippen LogP contribution >= 0.6 is 23.2 Å². The fourth-order valence-corrected chi connectivity index (χ4v) is 5.23. The summed E-state index contributed by atoms with van der Waals surface area (Å²) in [5.74, 6) is -0.739. The number of nitrogens with zero attached hydrogens (tertiary/aromatic N) is 2. The first kappa shape index (κ1) is 29.9. The molecule has 3 aromatic carbocycles. The Labute approximate surface area is 237 Å². The minimum absolute atomic E-state index is 0.0127. The molecule has 0 aliphatic carbocycles. The summed E-state index contributed by atoms with van der Waals surface area (Å²) in [6.45, 7) is 4.48. The van der Waals surface area contributed by atoms with Gasteiger partial charge in [0, 0.05) is 5.02 Å². The number of hydrogen-bond acceptors (Lipinski definition) is 7. The second-order valence-electron chi connectivity index (χ2n) is 9.16. The summed E-state index contributed by atoms with van der Waals surface area (Å²) in [4.78, 5) is 24.5. The van der Waals surface area contributed by atoms with Crippen LogP contribution in [0.15, 0.2) is 82.8 Å². The number of benzene rings is 3. The Morgan fingerprint density at radius 2 is 1.67 bits per heavy atom. The summed E-state index contributed by atoms with van der Waals surface area (Å²) < 4.78 is 38.2. The molecule has 1 amide bonds. The second-order valence-corrected chi connectivity index (χ2v) is 11.9. The number of amides is 1. The van der Waals surface area contributed by atoms with E-state index in [1.165, 1.54) is 36.5 Å². The molecule has 0 saturated carbocycles. The van der Waals surface area contributed by atoms with E-state index in [0.29, 0.717) is 16.3 Å². The Morgan fingerprint density at radius 1 is 1.00 bits per heavy atom. The molecule has 12 heteroatoms. The zero-order valence-corrected chi connectivity index (χ0v) is 23.8. The molecule has 0 aromatic heterocycles. The molecule has 0 fully saturated rings. The third-order valence-electron chi connectivity index (χ3n) is 4.86. The maximum Gasteiger partial charge on any atom is 0.344 e. The van der Waals surface area contributed by atoms with Crippen LogP contribution in [-0.2, 0) is 24.3 Å². The lowest BCUT2D eigenvalue weighted by Gasteiger charge is -2.24. The summed E-state index contributed by atoms with van der Waals surface area (Å²) >= 11 is 12.2. The normalized spacial score (nSPS) is 11.7. The van der Waals surface area contributed by atoms with Crippen molar-refractivity contribution in [2.45, 2.75) is 31.3 Å². The predicted octanol–water partition coefficient (Wildman–Crippen LogP) is 5.06. The van der Waals surface area contributed by atoms with E-state index >= 15 is 0 Å². The quantitative estimate of drug-likeness (QED) is 0.200. The van der Waals surface area contributed by atoms with Gasteiger partial charge < -0.3 is 9.47 Å². The molecular formula is C27H27Cl2N3O6S. The molecule has 9 nitrogen and oxygen atoms in total. The third-order valence-corrected chi connectivity index (χ3v) is 7.17. The molecule has 3 rings (SSSR count). The van der Waals surface area contributed by atoms with Crippen molar-refractivity contribution in [2.24, 2.45) is 5.10 Å². The van der Waals surface area contributed by atoms with E-state index in [2.05, 4.69) is 10.5 Å². The van der Waals surface area contributed by atoms with Crippen LogP contribution in [0.3, 0.4) is 0 Å². The fraction of sp³-hybridized carbons (Fsp3) is 0.222. The topological polar surface area (TPSA) is 114 Å². The lowest BCUT2D eigenvalue weighted by molar-refractivity contribution is -0.157. The minimum atomic E-state index is -4.14. The van der Waals surface area contributed by atoms with Gasteiger partial charge in [-0.1, -0.05) is 41.4 Å². The van der Waals surface area contributed by atoms with Crippen molar-refractivity contribution in [1.82, 2.24) is 5.43 Å². The van der Waals surface area contributed by atoms with Crippen LogP contribution in [0.1, 0.15) is 26.3 Å². The van der Waals surface area contributed by atoms with E-state index in [0.717, 1.165) is 4.31 Å². The number of esters is 1. The van der Waals surface area contributed by atoms with Crippen molar-refractivity contribution in [2.75, 3.05) is 17.5 Å². The highest BCUT2D eigenvalue weighted by Crippen LogP contribution is 2.32.